The fraction of sp³-hybridized carbons (Fsp3) is 0.120. The monoisotopic (exact) mass is 652 g/mol. The van der Waals surface area contributed by atoms with Gasteiger partial charge in [0.1, 0.15) is 11.2 Å². The average Bonchev–Trinajstić information content (AvgIpc) is 3.72. The third kappa shape index (κ3) is 3.71. The lowest BCUT2D eigenvalue weighted by Crippen LogP contribution is -2.17. The number of benzene rings is 8. The Morgan fingerprint density at radius 3 is 1.45 bits per heavy atom. The molecule has 0 aliphatic heterocycles. The number of para-hydroxylation sites is 1. The molecule has 2 aliphatic rings. The molecule has 2 aliphatic carbocycles. The van der Waals surface area contributed by atoms with Crippen molar-refractivity contribution in [2.45, 2.75) is 38.5 Å². The van der Waals surface area contributed by atoms with E-state index in [2.05, 4.69) is 167 Å². The lowest BCUT2D eigenvalue weighted by Gasteiger charge is -2.24. The van der Waals surface area contributed by atoms with E-state index in [1.54, 1.807) is 0 Å². The summed E-state index contributed by atoms with van der Waals surface area (Å²) in [6, 6.07) is 54.1. The van der Waals surface area contributed by atoms with Gasteiger partial charge in [0.25, 0.3) is 0 Å². The van der Waals surface area contributed by atoms with Crippen molar-refractivity contribution in [3.05, 3.63) is 168 Å². The lowest BCUT2D eigenvalue weighted by molar-refractivity contribution is 0.651. The minimum Gasteiger partial charge on any atom is -0.456 e. The summed E-state index contributed by atoms with van der Waals surface area (Å²) in [5.74, 6) is 0. The van der Waals surface area contributed by atoms with Crippen LogP contribution < -0.4 is 0 Å². The van der Waals surface area contributed by atoms with Crippen molar-refractivity contribution in [3.63, 3.8) is 0 Å². The molecule has 0 atom stereocenters. The van der Waals surface area contributed by atoms with Crippen LogP contribution in [0, 0.1) is 0 Å². The van der Waals surface area contributed by atoms with Gasteiger partial charge < -0.3 is 4.42 Å². The zero-order valence-electron chi connectivity index (χ0n) is 29.3. The summed E-state index contributed by atoms with van der Waals surface area (Å²) in [5, 5.41) is 7.34. The molecule has 1 heterocycles. The topological polar surface area (TPSA) is 13.1 Å². The predicted molar refractivity (Wildman–Crippen MR) is 215 cm³/mol. The van der Waals surface area contributed by atoms with E-state index < -0.39 is 0 Å². The van der Waals surface area contributed by atoms with Gasteiger partial charge >= 0.3 is 0 Å². The number of rotatable bonds is 2. The number of hydrogen-bond donors (Lipinski definition) is 0. The van der Waals surface area contributed by atoms with E-state index in [9.17, 15) is 0 Å². The van der Waals surface area contributed by atoms with Crippen LogP contribution >= 0.6 is 0 Å². The molecule has 11 rings (SSSR count). The molecule has 0 unspecified atom stereocenters. The molecular formula is C50H36O. The van der Waals surface area contributed by atoms with Crippen molar-refractivity contribution in [1.29, 1.82) is 0 Å². The van der Waals surface area contributed by atoms with E-state index in [0.29, 0.717) is 0 Å². The highest BCUT2D eigenvalue weighted by Crippen LogP contribution is 2.59. The third-order valence-electron chi connectivity index (χ3n) is 12.3. The molecule has 0 bridgehead atoms. The van der Waals surface area contributed by atoms with Gasteiger partial charge in [-0.1, -0.05) is 149 Å². The Morgan fingerprint density at radius 2 is 0.804 bits per heavy atom. The second-order valence-electron chi connectivity index (χ2n) is 15.6. The molecule has 0 radical (unpaired) electrons. The van der Waals surface area contributed by atoms with Crippen molar-refractivity contribution >= 4 is 43.5 Å². The van der Waals surface area contributed by atoms with Crippen LogP contribution in [0.3, 0.4) is 0 Å². The molecule has 1 nitrogen and oxygen atoms in total. The highest BCUT2D eigenvalue weighted by molar-refractivity contribution is 6.22. The van der Waals surface area contributed by atoms with Gasteiger partial charge in [-0.15, -0.1) is 0 Å². The van der Waals surface area contributed by atoms with E-state index in [1.807, 2.05) is 6.07 Å². The summed E-state index contributed by atoms with van der Waals surface area (Å²) < 4.78 is 6.38. The molecular weight excluding hydrogens is 617 g/mol. The van der Waals surface area contributed by atoms with Crippen LogP contribution in [0.1, 0.15) is 49.9 Å². The Balaban J connectivity index is 1.15. The Labute approximate surface area is 297 Å². The maximum atomic E-state index is 6.38. The van der Waals surface area contributed by atoms with Crippen molar-refractivity contribution in [2.75, 3.05) is 0 Å². The summed E-state index contributed by atoms with van der Waals surface area (Å²) in [6.07, 6.45) is 0. The lowest BCUT2D eigenvalue weighted by atomic mass is 9.79. The Bertz CT molecular complexity index is 2910. The van der Waals surface area contributed by atoms with Gasteiger partial charge in [-0.2, -0.15) is 0 Å². The minimum atomic E-state index is -0.134. The minimum absolute atomic E-state index is 0.0255. The standard InChI is InChI=1S/C50H36O/c1-49(2)39-19-11-9-18-37(39)47-40(49)25-26-41-48(47)38-24-22-29(27-42(38)50(41,3)4)45-33-14-5-7-16-35(33)46(36-17-8-6-15-34(36)45)30-21-23-32-31-13-10-12-20-43(31)51-44(32)28-30/h5-28H,1-4H3. The van der Waals surface area contributed by atoms with E-state index in [4.69, 9.17) is 4.42 Å². The fourth-order valence-corrected chi connectivity index (χ4v) is 9.81. The Morgan fingerprint density at radius 1 is 0.333 bits per heavy atom. The van der Waals surface area contributed by atoms with Gasteiger partial charge in [-0.3, -0.25) is 0 Å². The summed E-state index contributed by atoms with van der Waals surface area (Å²) >= 11 is 0. The highest BCUT2D eigenvalue weighted by atomic mass is 16.3. The van der Waals surface area contributed by atoms with Crippen molar-refractivity contribution in [3.8, 4) is 44.5 Å². The summed E-state index contributed by atoms with van der Waals surface area (Å²) in [7, 11) is 0. The van der Waals surface area contributed by atoms with Gasteiger partial charge in [-0.05, 0) is 113 Å². The molecule has 0 saturated heterocycles. The molecule has 1 aromatic heterocycles. The molecule has 8 aromatic carbocycles. The van der Waals surface area contributed by atoms with E-state index in [0.717, 1.165) is 21.9 Å². The number of furan rings is 1. The second kappa shape index (κ2) is 9.86. The summed E-state index contributed by atoms with van der Waals surface area (Å²) in [6.45, 7) is 9.58. The second-order valence-corrected chi connectivity index (χ2v) is 15.6. The van der Waals surface area contributed by atoms with Gasteiger partial charge in [0.2, 0.25) is 0 Å². The largest absolute Gasteiger partial charge is 0.456 e. The SMILES string of the molecule is CC1(C)c2ccccc2-c2c1ccc1c2-c2ccc(-c3c4ccccc4c(-c4ccc5c(c4)oc4ccccc45)c4ccccc34)cc2C1(C)C. The number of fused-ring (bicyclic) bond motifs is 12. The van der Waals surface area contributed by atoms with E-state index in [-0.39, 0.29) is 10.8 Å². The Kier molecular flexibility index (Phi) is 5.58. The molecule has 0 amide bonds. The molecule has 51 heavy (non-hydrogen) atoms. The molecule has 0 spiro atoms. The Hall–Kier alpha value is -5.92. The van der Waals surface area contributed by atoms with E-state index in [1.165, 1.54) is 88.3 Å². The first-order chi connectivity index (χ1) is 24.8. The van der Waals surface area contributed by atoms with Gasteiger partial charge in [0.15, 0.2) is 0 Å². The van der Waals surface area contributed by atoms with Crippen LogP contribution in [0.5, 0.6) is 0 Å². The van der Waals surface area contributed by atoms with Crippen LogP contribution in [0.25, 0.3) is 88.0 Å². The zero-order valence-corrected chi connectivity index (χ0v) is 29.3. The van der Waals surface area contributed by atoms with Gasteiger partial charge in [-0.25, -0.2) is 0 Å². The predicted octanol–water partition coefficient (Wildman–Crippen LogP) is 13.8. The fourth-order valence-electron chi connectivity index (χ4n) is 9.81. The zero-order chi connectivity index (χ0) is 34.2. The maximum Gasteiger partial charge on any atom is 0.136 e. The maximum absolute atomic E-state index is 6.38. The average molecular weight is 653 g/mol. The van der Waals surface area contributed by atoms with Crippen molar-refractivity contribution in [1.82, 2.24) is 0 Å². The van der Waals surface area contributed by atoms with Gasteiger partial charge in [0.05, 0.1) is 0 Å². The first-order valence-corrected chi connectivity index (χ1v) is 18.1. The highest BCUT2D eigenvalue weighted by Gasteiger charge is 2.43. The molecule has 9 aromatic rings. The smallest absolute Gasteiger partial charge is 0.136 e. The quantitative estimate of drug-likeness (QED) is 0.169. The van der Waals surface area contributed by atoms with Crippen LogP contribution in [0.15, 0.2) is 150 Å². The van der Waals surface area contributed by atoms with Crippen LogP contribution in [0.4, 0.5) is 0 Å². The van der Waals surface area contributed by atoms with Crippen molar-refractivity contribution < 1.29 is 4.42 Å². The summed E-state index contributed by atoms with van der Waals surface area (Å²) in [4.78, 5) is 0. The molecule has 1 heteroatoms. The van der Waals surface area contributed by atoms with Crippen LogP contribution in [0.2, 0.25) is 0 Å². The molecule has 0 fully saturated rings. The third-order valence-corrected chi connectivity index (χ3v) is 12.3. The number of hydrogen-bond acceptors (Lipinski definition) is 1. The normalized spacial score (nSPS) is 15.0. The van der Waals surface area contributed by atoms with Crippen LogP contribution in [-0.2, 0) is 10.8 Å². The molecule has 0 N–H and O–H groups in total. The molecule has 242 valence electrons. The molecule has 0 saturated carbocycles. The summed E-state index contributed by atoms with van der Waals surface area (Å²) in [5.41, 5.74) is 17.9. The van der Waals surface area contributed by atoms with Crippen LogP contribution in [-0.4, -0.2) is 0 Å². The first kappa shape index (κ1) is 28.9. The van der Waals surface area contributed by atoms with E-state index >= 15 is 0 Å². The van der Waals surface area contributed by atoms with Gasteiger partial charge in [0, 0.05) is 21.6 Å². The van der Waals surface area contributed by atoms with Crippen molar-refractivity contribution in [2.24, 2.45) is 0 Å². The first-order valence-electron chi connectivity index (χ1n) is 18.1.